The maximum absolute atomic E-state index is 11.6. The fourth-order valence-electron chi connectivity index (χ4n) is 2.03. The maximum Gasteiger partial charge on any atom is 0.246 e. The predicted octanol–water partition coefficient (Wildman–Crippen LogP) is 0.0102. The Hall–Kier alpha value is -1.69. The molecule has 1 fully saturated rings. The van der Waals surface area contributed by atoms with Crippen molar-refractivity contribution in [1.29, 1.82) is 0 Å². The summed E-state index contributed by atoms with van der Waals surface area (Å²) in [5.74, 6) is -0.217. The SMILES string of the molecule is CN1C(=O)CC(NCCCCn2ccnc2)C1=O. The number of unbranched alkanes of at least 4 members (excludes halogenated alkanes) is 1. The van der Waals surface area contributed by atoms with Crippen molar-refractivity contribution >= 4 is 11.8 Å². The smallest absolute Gasteiger partial charge is 0.246 e. The Morgan fingerprint density at radius 2 is 2.28 bits per heavy atom. The molecule has 2 heterocycles. The van der Waals surface area contributed by atoms with Crippen LogP contribution in [-0.2, 0) is 16.1 Å². The molecule has 1 atom stereocenters. The average Bonchev–Trinajstić information content (AvgIpc) is 2.95. The van der Waals surface area contributed by atoms with Gasteiger partial charge >= 0.3 is 0 Å². The zero-order chi connectivity index (χ0) is 13.0. The molecule has 1 N–H and O–H groups in total. The summed E-state index contributed by atoms with van der Waals surface area (Å²) in [5.41, 5.74) is 0. The Morgan fingerprint density at radius 1 is 1.44 bits per heavy atom. The quantitative estimate of drug-likeness (QED) is 0.570. The third-order valence-corrected chi connectivity index (χ3v) is 3.17. The van der Waals surface area contributed by atoms with Crippen molar-refractivity contribution in [1.82, 2.24) is 19.8 Å². The standard InChI is InChI=1S/C12H18N4O2/c1-15-11(17)8-10(12(15)18)14-4-2-3-6-16-7-5-13-9-16/h5,7,9-10,14H,2-4,6,8H2,1H3. The molecule has 0 aromatic carbocycles. The van der Waals surface area contributed by atoms with E-state index in [0.717, 1.165) is 25.9 Å². The number of hydrogen-bond donors (Lipinski definition) is 1. The summed E-state index contributed by atoms with van der Waals surface area (Å²) < 4.78 is 2.03. The average molecular weight is 250 g/mol. The van der Waals surface area contributed by atoms with Gasteiger partial charge in [-0.25, -0.2) is 4.98 Å². The van der Waals surface area contributed by atoms with Gasteiger partial charge < -0.3 is 9.88 Å². The molecule has 1 unspecified atom stereocenters. The summed E-state index contributed by atoms with van der Waals surface area (Å²) >= 11 is 0. The Balaban J connectivity index is 1.61. The van der Waals surface area contributed by atoms with Crippen molar-refractivity contribution in [2.45, 2.75) is 31.8 Å². The molecular formula is C12H18N4O2. The van der Waals surface area contributed by atoms with Gasteiger partial charge in [-0.1, -0.05) is 0 Å². The van der Waals surface area contributed by atoms with Crippen LogP contribution < -0.4 is 5.32 Å². The number of rotatable bonds is 6. The van der Waals surface area contributed by atoms with Crippen LogP contribution in [0.1, 0.15) is 19.3 Å². The van der Waals surface area contributed by atoms with Crippen molar-refractivity contribution in [3.63, 3.8) is 0 Å². The van der Waals surface area contributed by atoms with Gasteiger partial charge in [-0.2, -0.15) is 0 Å². The maximum atomic E-state index is 11.6. The minimum atomic E-state index is -0.323. The van der Waals surface area contributed by atoms with Crippen LogP contribution >= 0.6 is 0 Å². The normalized spacial score (nSPS) is 19.8. The number of likely N-dealkylation sites (tertiary alicyclic amines) is 1. The van der Waals surface area contributed by atoms with Gasteiger partial charge in [0.2, 0.25) is 11.8 Å². The van der Waals surface area contributed by atoms with Crippen LogP contribution in [0.2, 0.25) is 0 Å². The summed E-state index contributed by atoms with van der Waals surface area (Å²) in [7, 11) is 1.53. The van der Waals surface area contributed by atoms with Gasteiger partial charge in [-0.15, -0.1) is 0 Å². The third kappa shape index (κ3) is 2.95. The molecule has 6 nitrogen and oxygen atoms in total. The van der Waals surface area contributed by atoms with Gasteiger partial charge in [-0.05, 0) is 19.4 Å². The van der Waals surface area contributed by atoms with Crippen LogP contribution in [0.15, 0.2) is 18.7 Å². The first-order chi connectivity index (χ1) is 8.68. The first kappa shape index (κ1) is 12.8. The molecule has 1 aromatic rings. The van der Waals surface area contributed by atoms with Crippen LogP contribution in [0.25, 0.3) is 0 Å². The summed E-state index contributed by atoms with van der Waals surface area (Å²) in [5, 5.41) is 3.14. The van der Waals surface area contributed by atoms with Crippen molar-refractivity contribution in [2.24, 2.45) is 0 Å². The number of imidazole rings is 1. The number of nitrogens with one attached hydrogen (secondary N) is 1. The lowest BCUT2D eigenvalue weighted by atomic mass is 10.2. The molecule has 98 valence electrons. The van der Waals surface area contributed by atoms with E-state index in [1.165, 1.54) is 11.9 Å². The van der Waals surface area contributed by atoms with E-state index in [4.69, 9.17) is 0 Å². The highest BCUT2D eigenvalue weighted by Gasteiger charge is 2.35. The van der Waals surface area contributed by atoms with E-state index in [2.05, 4.69) is 10.3 Å². The van der Waals surface area contributed by atoms with E-state index in [1.807, 2.05) is 10.8 Å². The number of carbonyl (C=O) groups is 2. The number of nitrogens with zero attached hydrogens (tertiary/aromatic N) is 3. The number of amides is 2. The Kier molecular flexibility index (Phi) is 4.09. The largest absolute Gasteiger partial charge is 0.337 e. The lowest BCUT2D eigenvalue weighted by Crippen LogP contribution is -2.37. The highest BCUT2D eigenvalue weighted by Crippen LogP contribution is 2.10. The monoisotopic (exact) mass is 250 g/mol. The van der Waals surface area contributed by atoms with E-state index < -0.39 is 0 Å². The number of hydrogen-bond acceptors (Lipinski definition) is 4. The molecule has 2 rings (SSSR count). The van der Waals surface area contributed by atoms with E-state index in [0.29, 0.717) is 0 Å². The van der Waals surface area contributed by atoms with Crippen molar-refractivity contribution in [2.75, 3.05) is 13.6 Å². The molecule has 0 saturated carbocycles. The highest BCUT2D eigenvalue weighted by atomic mass is 16.2. The molecule has 0 bridgehead atoms. The molecule has 1 aliphatic rings. The van der Waals surface area contributed by atoms with Gasteiger partial charge in [-0.3, -0.25) is 14.5 Å². The number of aromatic nitrogens is 2. The second-order valence-electron chi connectivity index (χ2n) is 4.51. The van der Waals surface area contributed by atoms with Gasteiger partial charge in [0.05, 0.1) is 18.8 Å². The Labute approximate surface area is 106 Å². The minimum Gasteiger partial charge on any atom is -0.337 e. The lowest BCUT2D eigenvalue weighted by Gasteiger charge is -2.10. The molecule has 2 amide bonds. The number of likely N-dealkylation sites (N-methyl/N-ethyl adjacent to an activating group) is 1. The van der Waals surface area contributed by atoms with Gasteiger partial charge in [0.25, 0.3) is 0 Å². The zero-order valence-electron chi connectivity index (χ0n) is 10.5. The topological polar surface area (TPSA) is 67.2 Å². The second-order valence-corrected chi connectivity index (χ2v) is 4.51. The lowest BCUT2D eigenvalue weighted by molar-refractivity contribution is -0.137. The number of carbonyl (C=O) groups excluding carboxylic acids is 2. The molecule has 0 radical (unpaired) electrons. The second kappa shape index (κ2) is 5.77. The fraction of sp³-hybridized carbons (Fsp3) is 0.583. The van der Waals surface area contributed by atoms with E-state index >= 15 is 0 Å². The molecule has 6 heteroatoms. The van der Waals surface area contributed by atoms with Crippen LogP contribution in [0.5, 0.6) is 0 Å². The predicted molar refractivity (Wildman–Crippen MR) is 65.6 cm³/mol. The van der Waals surface area contributed by atoms with Gasteiger partial charge in [0, 0.05) is 26.0 Å². The first-order valence-electron chi connectivity index (χ1n) is 6.18. The zero-order valence-corrected chi connectivity index (χ0v) is 10.5. The Bertz CT molecular complexity index is 416. The van der Waals surface area contributed by atoms with Crippen LogP contribution in [0.4, 0.5) is 0 Å². The summed E-state index contributed by atoms with van der Waals surface area (Å²) in [4.78, 5) is 28.1. The highest BCUT2D eigenvalue weighted by molar-refractivity contribution is 6.05. The number of aryl methyl sites for hydroxylation is 1. The summed E-state index contributed by atoms with van der Waals surface area (Å²) in [6.45, 7) is 1.69. The van der Waals surface area contributed by atoms with Crippen LogP contribution in [-0.4, -0.2) is 45.9 Å². The molecule has 1 aromatic heterocycles. The number of imide groups is 1. The minimum absolute atomic E-state index is 0.101. The molecular weight excluding hydrogens is 232 g/mol. The molecule has 1 aliphatic heterocycles. The molecule has 0 aliphatic carbocycles. The third-order valence-electron chi connectivity index (χ3n) is 3.17. The van der Waals surface area contributed by atoms with Crippen LogP contribution in [0, 0.1) is 0 Å². The van der Waals surface area contributed by atoms with Gasteiger partial charge in [0.1, 0.15) is 0 Å². The van der Waals surface area contributed by atoms with Crippen molar-refractivity contribution in [3.8, 4) is 0 Å². The molecule has 0 spiro atoms. The molecule has 18 heavy (non-hydrogen) atoms. The van der Waals surface area contributed by atoms with Gasteiger partial charge in [0.15, 0.2) is 0 Å². The summed E-state index contributed by atoms with van der Waals surface area (Å²) in [6, 6.07) is -0.323. The van der Waals surface area contributed by atoms with E-state index in [9.17, 15) is 9.59 Å². The summed E-state index contributed by atoms with van der Waals surface area (Å²) in [6.07, 6.45) is 7.77. The molecule has 1 saturated heterocycles. The van der Waals surface area contributed by atoms with Crippen LogP contribution in [0.3, 0.4) is 0 Å². The Morgan fingerprint density at radius 3 is 2.89 bits per heavy atom. The van der Waals surface area contributed by atoms with Crippen molar-refractivity contribution < 1.29 is 9.59 Å². The van der Waals surface area contributed by atoms with Crippen molar-refractivity contribution in [3.05, 3.63) is 18.7 Å². The van der Waals surface area contributed by atoms with E-state index in [-0.39, 0.29) is 24.3 Å². The first-order valence-corrected chi connectivity index (χ1v) is 6.18. The van der Waals surface area contributed by atoms with E-state index in [1.54, 1.807) is 12.5 Å². The fourth-order valence-corrected chi connectivity index (χ4v) is 2.03.